The van der Waals surface area contributed by atoms with E-state index >= 15 is 0 Å². The highest BCUT2D eigenvalue weighted by Gasteiger charge is 2.37. The normalized spacial score (nSPS) is 16.3. The molecule has 0 aliphatic carbocycles. The highest BCUT2D eigenvalue weighted by atomic mass is 31.1. The summed E-state index contributed by atoms with van der Waals surface area (Å²) in [6.45, 7) is 3.21. The zero-order valence-corrected chi connectivity index (χ0v) is 6.55. The van der Waals surface area contributed by atoms with Gasteiger partial charge in [0.15, 0.2) is 0 Å². The van der Waals surface area contributed by atoms with E-state index < -0.39 is 14.1 Å². The fourth-order valence-corrected chi connectivity index (χ4v) is 0.807. The predicted molar refractivity (Wildman–Crippen MR) is 38.4 cm³/mol. The van der Waals surface area contributed by atoms with Gasteiger partial charge in [0.25, 0.3) is 0 Å². The van der Waals surface area contributed by atoms with Crippen LogP contribution in [0.25, 0.3) is 0 Å². The Hall–Kier alpha value is -0.750. The molecule has 0 fully saturated rings. The third-order valence-electron chi connectivity index (χ3n) is 0.845. The second-order valence-corrected chi connectivity index (χ2v) is 2.35. The number of halogens is 1. The second kappa shape index (κ2) is 4.20. The topological polar surface area (TPSA) is 46.5 Å². The molecule has 0 saturated heterocycles. The minimum Gasteiger partial charge on any atom is -0.192 e. The van der Waals surface area contributed by atoms with Crippen LogP contribution in [0.1, 0.15) is 6.42 Å². The van der Waals surface area contributed by atoms with E-state index in [-0.39, 0.29) is 6.42 Å². The van der Waals surface area contributed by atoms with Crippen molar-refractivity contribution in [3.63, 3.8) is 0 Å². The third-order valence-corrected chi connectivity index (χ3v) is 1.29. The standard InChI is InChI=1S/C6H6FO3P/c1-3-5-6(7,4-2)10-11(8)9/h2-3H,1,5H2/p+1. The van der Waals surface area contributed by atoms with Crippen molar-refractivity contribution in [3.05, 3.63) is 12.7 Å². The molecule has 11 heavy (non-hydrogen) atoms. The summed E-state index contributed by atoms with van der Waals surface area (Å²) < 4.78 is 26.8. The zero-order valence-electron chi connectivity index (χ0n) is 5.66. The Balaban J connectivity index is 4.24. The predicted octanol–water partition coefficient (Wildman–Crippen LogP) is 1.53. The molecular weight excluding hydrogens is 170 g/mol. The summed E-state index contributed by atoms with van der Waals surface area (Å²) in [4.78, 5) is 8.16. The summed E-state index contributed by atoms with van der Waals surface area (Å²) in [6.07, 6.45) is 5.56. The van der Waals surface area contributed by atoms with Gasteiger partial charge >= 0.3 is 14.1 Å². The highest BCUT2D eigenvalue weighted by molar-refractivity contribution is 7.32. The Labute approximate surface area is 64.8 Å². The van der Waals surface area contributed by atoms with Crippen LogP contribution in [0.4, 0.5) is 4.39 Å². The van der Waals surface area contributed by atoms with Gasteiger partial charge in [0, 0.05) is 11.0 Å². The summed E-state index contributed by atoms with van der Waals surface area (Å²) in [5, 5.41) is 0. The largest absolute Gasteiger partial charge is 0.699 e. The van der Waals surface area contributed by atoms with Crippen molar-refractivity contribution in [3.8, 4) is 12.3 Å². The lowest BCUT2D eigenvalue weighted by Crippen LogP contribution is -2.20. The smallest absolute Gasteiger partial charge is 0.192 e. The van der Waals surface area contributed by atoms with Crippen LogP contribution in [0.2, 0.25) is 0 Å². The number of hydrogen-bond donors (Lipinski definition) is 1. The van der Waals surface area contributed by atoms with Crippen molar-refractivity contribution in [1.29, 1.82) is 0 Å². The van der Waals surface area contributed by atoms with Crippen LogP contribution in [-0.4, -0.2) is 10.7 Å². The van der Waals surface area contributed by atoms with E-state index in [2.05, 4.69) is 11.1 Å². The van der Waals surface area contributed by atoms with Gasteiger partial charge in [-0.2, -0.15) is 4.39 Å². The van der Waals surface area contributed by atoms with E-state index in [1.54, 1.807) is 5.92 Å². The summed E-state index contributed by atoms with van der Waals surface area (Å²) >= 11 is 0. The molecule has 0 aromatic carbocycles. The van der Waals surface area contributed by atoms with Crippen molar-refractivity contribution in [2.75, 3.05) is 0 Å². The van der Waals surface area contributed by atoms with Gasteiger partial charge in [-0.1, -0.05) is 10.6 Å². The summed E-state index contributed by atoms with van der Waals surface area (Å²) in [5.41, 5.74) is 0. The first kappa shape index (κ1) is 10.2. The first-order valence-electron chi connectivity index (χ1n) is 2.67. The Morgan fingerprint density at radius 3 is 2.82 bits per heavy atom. The van der Waals surface area contributed by atoms with E-state index in [1.165, 1.54) is 6.08 Å². The first-order chi connectivity index (χ1) is 5.04. The second-order valence-electron chi connectivity index (χ2n) is 1.69. The number of rotatable bonds is 4. The van der Waals surface area contributed by atoms with Gasteiger partial charge < -0.3 is 0 Å². The molecular formula is C6H7FO3P+. The number of terminal acetylenes is 1. The molecule has 5 heteroatoms. The van der Waals surface area contributed by atoms with Gasteiger partial charge in [0.05, 0.1) is 0 Å². The fraction of sp³-hybridized carbons (Fsp3) is 0.333. The molecule has 0 rings (SSSR count). The SMILES string of the molecule is C#CC(F)(CC=C)O[P+](=O)O. The Kier molecular flexibility index (Phi) is 3.91. The molecule has 0 spiro atoms. The first-order valence-corrected chi connectivity index (χ1v) is 3.80. The van der Waals surface area contributed by atoms with Crippen molar-refractivity contribution in [1.82, 2.24) is 0 Å². The zero-order chi connectivity index (χ0) is 8.91. The molecule has 0 aliphatic rings. The summed E-state index contributed by atoms with van der Waals surface area (Å²) in [6, 6.07) is 0. The van der Waals surface area contributed by atoms with Gasteiger partial charge in [-0.15, -0.1) is 17.9 Å². The van der Waals surface area contributed by atoms with Crippen LogP contribution >= 0.6 is 8.25 Å². The average Bonchev–Trinajstić information content (AvgIpc) is 1.87. The fourth-order valence-electron chi connectivity index (χ4n) is 0.432. The third kappa shape index (κ3) is 3.84. The number of alkyl halides is 1. The molecule has 1 N–H and O–H groups in total. The maximum absolute atomic E-state index is 12.9. The highest BCUT2D eigenvalue weighted by Crippen LogP contribution is 2.29. The lowest BCUT2D eigenvalue weighted by molar-refractivity contribution is -0.00353. The molecule has 0 amide bonds. The molecule has 3 nitrogen and oxygen atoms in total. The Bertz CT molecular complexity index is 210. The molecule has 0 radical (unpaired) electrons. The van der Waals surface area contributed by atoms with E-state index in [9.17, 15) is 8.96 Å². The van der Waals surface area contributed by atoms with Gasteiger partial charge in [-0.25, -0.2) is 0 Å². The van der Waals surface area contributed by atoms with Crippen LogP contribution in [0.15, 0.2) is 12.7 Å². The molecule has 0 aliphatic heterocycles. The van der Waals surface area contributed by atoms with Crippen LogP contribution in [0.3, 0.4) is 0 Å². The van der Waals surface area contributed by atoms with E-state index in [0.29, 0.717) is 0 Å². The maximum Gasteiger partial charge on any atom is 0.699 e. The molecule has 60 valence electrons. The van der Waals surface area contributed by atoms with Crippen molar-refractivity contribution < 1.29 is 18.4 Å². The molecule has 0 saturated carbocycles. The van der Waals surface area contributed by atoms with Crippen LogP contribution in [0, 0.1) is 12.3 Å². The molecule has 2 unspecified atom stereocenters. The van der Waals surface area contributed by atoms with E-state index in [0.717, 1.165) is 0 Å². The Morgan fingerprint density at radius 2 is 2.55 bits per heavy atom. The average molecular weight is 177 g/mol. The molecule has 0 heterocycles. The quantitative estimate of drug-likeness (QED) is 0.402. The van der Waals surface area contributed by atoms with Gasteiger partial charge in [0.1, 0.15) is 0 Å². The van der Waals surface area contributed by atoms with Crippen LogP contribution in [0.5, 0.6) is 0 Å². The van der Waals surface area contributed by atoms with Crippen molar-refractivity contribution in [2.45, 2.75) is 12.3 Å². The van der Waals surface area contributed by atoms with Gasteiger partial charge in [0.2, 0.25) is 0 Å². The minimum absolute atomic E-state index is 0.314. The monoisotopic (exact) mass is 177 g/mol. The van der Waals surface area contributed by atoms with Gasteiger partial charge in [-0.05, 0) is 5.92 Å². The molecule has 0 aromatic heterocycles. The minimum atomic E-state index is -3.02. The van der Waals surface area contributed by atoms with Crippen LogP contribution in [-0.2, 0) is 9.09 Å². The number of hydrogen-bond acceptors (Lipinski definition) is 2. The van der Waals surface area contributed by atoms with Crippen molar-refractivity contribution >= 4 is 8.25 Å². The maximum atomic E-state index is 12.9. The molecule has 0 aromatic rings. The molecule has 2 atom stereocenters. The lowest BCUT2D eigenvalue weighted by Gasteiger charge is -2.06. The summed E-state index contributed by atoms with van der Waals surface area (Å²) in [7, 11) is -3.02. The van der Waals surface area contributed by atoms with Gasteiger partial charge in [-0.3, -0.25) is 0 Å². The summed E-state index contributed by atoms with van der Waals surface area (Å²) in [5.74, 6) is -0.903. The van der Waals surface area contributed by atoms with Crippen molar-refractivity contribution in [2.24, 2.45) is 0 Å². The molecule has 0 bridgehead atoms. The lowest BCUT2D eigenvalue weighted by atomic mass is 10.2. The van der Waals surface area contributed by atoms with E-state index in [1.807, 2.05) is 0 Å². The Morgan fingerprint density at radius 1 is 2.00 bits per heavy atom. The van der Waals surface area contributed by atoms with Crippen LogP contribution < -0.4 is 0 Å². The van der Waals surface area contributed by atoms with E-state index in [4.69, 9.17) is 11.3 Å².